The van der Waals surface area contributed by atoms with E-state index in [2.05, 4.69) is 5.32 Å². The smallest absolute Gasteiger partial charge is 0.408 e. The maximum atomic E-state index is 12.2. The summed E-state index contributed by atoms with van der Waals surface area (Å²) in [6.45, 7) is 6.17. The maximum absolute atomic E-state index is 12.2. The van der Waals surface area contributed by atoms with Gasteiger partial charge in [-0.15, -0.1) is 0 Å². The lowest BCUT2D eigenvalue weighted by atomic mass is 10.0. The van der Waals surface area contributed by atoms with Crippen molar-refractivity contribution in [3.05, 3.63) is 47.5 Å². The Kier molecular flexibility index (Phi) is 8.05. The van der Waals surface area contributed by atoms with E-state index in [9.17, 15) is 9.59 Å². The summed E-state index contributed by atoms with van der Waals surface area (Å²) in [7, 11) is 1.40. The minimum atomic E-state index is -0.589. The molecule has 1 saturated carbocycles. The zero-order valence-electron chi connectivity index (χ0n) is 17.2. The van der Waals surface area contributed by atoms with Gasteiger partial charge in [0.25, 0.3) is 0 Å². The number of alkyl carbamates (subject to hydrolysis) is 1. The van der Waals surface area contributed by atoms with E-state index in [1.807, 2.05) is 57.2 Å². The molecule has 0 unspecified atom stereocenters. The van der Waals surface area contributed by atoms with Crippen molar-refractivity contribution in [2.24, 2.45) is 5.92 Å². The summed E-state index contributed by atoms with van der Waals surface area (Å²) in [5, 5.41) is 2.85. The second kappa shape index (κ2) is 10.3. The van der Waals surface area contributed by atoms with Gasteiger partial charge in [0.05, 0.1) is 32.3 Å². The fourth-order valence-corrected chi connectivity index (χ4v) is 3.21. The first-order valence-corrected chi connectivity index (χ1v) is 9.68. The van der Waals surface area contributed by atoms with Gasteiger partial charge in [-0.3, -0.25) is 4.79 Å². The van der Waals surface area contributed by atoms with Crippen molar-refractivity contribution >= 4 is 12.1 Å². The minimum Gasteiger partial charge on any atom is -0.469 e. The van der Waals surface area contributed by atoms with E-state index >= 15 is 0 Å². The summed E-state index contributed by atoms with van der Waals surface area (Å²) in [6, 6.07) is 9.44. The number of hydrogen-bond acceptors (Lipinski definition) is 5. The zero-order valence-corrected chi connectivity index (χ0v) is 17.2. The second-order valence-corrected chi connectivity index (χ2v) is 7.96. The summed E-state index contributed by atoms with van der Waals surface area (Å²) in [5.41, 5.74) is 1.45. The highest BCUT2D eigenvalue weighted by Gasteiger charge is 2.29. The van der Waals surface area contributed by atoms with Gasteiger partial charge in [-0.1, -0.05) is 42.0 Å². The lowest BCUT2D eigenvalue weighted by Gasteiger charge is -2.23. The lowest BCUT2D eigenvalue weighted by molar-refractivity contribution is -0.143. The van der Waals surface area contributed by atoms with Crippen molar-refractivity contribution in [2.45, 2.75) is 58.3 Å². The van der Waals surface area contributed by atoms with Gasteiger partial charge in [0, 0.05) is 0 Å². The molecule has 0 saturated heterocycles. The molecule has 0 bridgehead atoms. The molecule has 0 spiro atoms. The molecule has 1 aliphatic carbocycles. The highest BCUT2D eigenvalue weighted by Crippen LogP contribution is 2.32. The van der Waals surface area contributed by atoms with Crippen molar-refractivity contribution in [1.29, 1.82) is 0 Å². The van der Waals surface area contributed by atoms with Crippen LogP contribution in [-0.2, 0) is 25.6 Å². The third-order valence-corrected chi connectivity index (χ3v) is 4.42. The molecule has 0 aromatic heterocycles. The molecule has 1 N–H and O–H groups in total. The Morgan fingerprint density at radius 1 is 1.25 bits per heavy atom. The molecule has 1 aromatic carbocycles. The van der Waals surface area contributed by atoms with Crippen molar-refractivity contribution < 1.29 is 23.8 Å². The van der Waals surface area contributed by atoms with Gasteiger partial charge in [0.15, 0.2) is 0 Å². The fourth-order valence-electron chi connectivity index (χ4n) is 3.21. The SMILES string of the molecule is COC(=O)[C@@H]1CCC/C1=C/[C@H](COCc1ccccc1)NC(=O)OC(C)(C)C. The molecule has 1 aromatic rings. The molecular weight excluding hydrogens is 358 g/mol. The normalized spacial score (nSPS) is 19.3. The molecule has 6 nitrogen and oxygen atoms in total. The number of rotatable bonds is 7. The Bertz CT molecular complexity index is 678. The Morgan fingerprint density at radius 3 is 2.61 bits per heavy atom. The molecule has 1 aliphatic rings. The molecule has 0 aliphatic heterocycles. The van der Waals surface area contributed by atoms with E-state index < -0.39 is 11.7 Å². The van der Waals surface area contributed by atoms with Crippen molar-refractivity contribution in [2.75, 3.05) is 13.7 Å². The van der Waals surface area contributed by atoms with E-state index in [-0.39, 0.29) is 24.5 Å². The summed E-state index contributed by atoms with van der Waals surface area (Å²) >= 11 is 0. The van der Waals surface area contributed by atoms with Crippen LogP contribution in [0.15, 0.2) is 42.0 Å². The maximum Gasteiger partial charge on any atom is 0.408 e. The molecule has 154 valence electrons. The van der Waals surface area contributed by atoms with Gasteiger partial charge in [-0.2, -0.15) is 0 Å². The number of ether oxygens (including phenoxy) is 3. The Hall–Kier alpha value is -2.34. The predicted molar refractivity (Wildman–Crippen MR) is 107 cm³/mol. The van der Waals surface area contributed by atoms with E-state index in [0.717, 1.165) is 30.4 Å². The van der Waals surface area contributed by atoms with Crippen LogP contribution in [0.3, 0.4) is 0 Å². The molecule has 1 fully saturated rings. The van der Waals surface area contributed by atoms with Gasteiger partial charge in [-0.05, 0) is 45.6 Å². The number of nitrogens with one attached hydrogen (secondary N) is 1. The van der Waals surface area contributed by atoms with Crippen molar-refractivity contribution in [3.8, 4) is 0 Å². The summed E-state index contributed by atoms with van der Waals surface area (Å²) in [4.78, 5) is 24.2. The van der Waals surface area contributed by atoms with Crippen LogP contribution in [0.25, 0.3) is 0 Å². The highest BCUT2D eigenvalue weighted by molar-refractivity contribution is 5.76. The summed E-state index contributed by atoms with van der Waals surface area (Å²) in [6.07, 6.45) is 3.91. The minimum absolute atomic E-state index is 0.232. The second-order valence-electron chi connectivity index (χ2n) is 7.96. The number of benzene rings is 1. The summed E-state index contributed by atoms with van der Waals surface area (Å²) in [5.74, 6) is -0.480. The van der Waals surface area contributed by atoms with E-state index in [1.54, 1.807) is 0 Å². The third kappa shape index (κ3) is 7.35. The van der Waals surface area contributed by atoms with E-state index in [1.165, 1.54) is 7.11 Å². The molecule has 28 heavy (non-hydrogen) atoms. The average molecular weight is 389 g/mol. The quantitative estimate of drug-likeness (QED) is 0.564. The average Bonchev–Trinajstić information content (AvgIpc) is 3.08. The van der Waals surface area contributed by atoms with Crippen LogP contribution >= 0.6 is 0 Å². The van der Waals surface area contributed by atoms with Gasteiger partial charge in [0.2, 0.25) is 0 Å². The van der Waals surface area contributed by atoms with Gasteiger partial charge in [-0.25, -0.2) is 4.79 Å². The van der Waals surface area contributed by atoms with Crippen molar-refractivity contribution in [3.63, 3.8) is 0 Å². The third-order valence-electron chi connectivity index (χ3n) is 4.42. The van der Waals surface area contributed by atoms with E-state index in [4.69, 9.17) is 14.2 Å². The number of esters is 1. The number of carbonyl (C=O) groups is 2. The Balaban J connectivity index is 2.05. The molecule has 2 rings (SSSR count). The van der Waals surface area contributed by atoms with Crippen LogP contribution in [0.1, 0.15) is 45.6 Å². The number of carbonyl (C=O) groups excluding carboxylic acids is 2. The standard InChI is InChI=1S/C22H31NO5/c1-22(2,3)28-21(25)23-18(15-27-14-16-9-6-5-7-10-16)13-17-11-8-12-19(17)20(24)26-4/h5-7,9-10,13,18-19H,8,11-12,14-15H2,1-4H3,(H,23,25)/b17-13-/t18-,19-/m1/s1. The number of amides is 1. The van der Waals surface area contributed by atoms with Crippen molar-refractivity contribution in [1.82, 2.24) is 5.32 Å². The predicted octanol–water partition coefficient (Wildman–Crippen LogP) is 4.00. The van der Waals surface area contributed by atoms with Crippen LogP contribution in [-0.4, -0.2) is 37.4 Å². The fraction of sp³-hybridized carbons (Fsp3) is 0.545. The van der Waals surface area contributed by atoms with Crippen LogP contribution in [0, 0.1) is 5.92 Å². The largest absolute Gasteiger partial charge is 0.469 e. The first-order valence-electron chi connectivity index (χ1n) is 9.68. The molecule has 0 heterocycles. The molecule has 0 radical (unpaired) electrons. The van der Waals surface area contributed by atoms with E-state index in [0.29, 0.717) is 6.61 Å². The first kappa shape index (κ1) is 22.0. The molecule has 6 heteroatoms. The zero-order chi connectivity index (χ0) is 20.6. The molecule has 2 atom stereocenters. The molecular formula is C22H31NO5. The number of hydrogen-bond donors (Lipinski definition) is 1. The lowest BCUT2D eigenvalue weighted by Crippen LogP contribution is -2.40. The Labute approximate surface area is 167 Å². The monoisotopic (exact) mass is 389 g/mol. The van der Waals surface area contributed by atoms with Crippen LogP contribution < -0.4 is 5.32 Å². The van der Waals surface area contributed by atoms with Gasteiger partial charge < -0.3 is 19.5 Å². The molecule has 1 amide bonds. The van der Waals surface area contributed by atoms with Crippen LogP contribution in [0.4, 0.5) is 4.79 Å². The first-order chi connectivity index (χ1) is 13.3. The number of methoxy groups -OCH3 is 1. The highest BCUT2D eigenvalue weighted by atomic mass is 16.6. The van der Waals surface area contributed by atoms with Gasteiger partial charge in [0.1, 0.15) is 5.60 Å². The summed E-state index contributed by atoms with van der Waals surface area (Å²) < 4.78 is 16.1. The topological polar surface area (TPSA) is 73.9 Å². The van der Waals surface area contributed by atoms with Gasteiger partial charge >= 0.3 is 12.1 Å². The van der Waals surface area contributed by atoms with Crippen LogP contribution in [0.2, 0.25) is 0 Å². The Morgan fingerprint density at radius 2 is 1.96 bits per heavy atom. The van der Waals surface area contributed by atoms with Crippen LogP contribution in [0.5, 0.6) is 0 Å².